The third-order valence-electron chi connectivity index (χ3n) is 2.63. The van der Waals surface area contributed by atoms with Crippen LogP contribution >= 0.6 is 11.3 Å². The Kier molecular flexibility index (Phi) is 6.70. The van der Waals surface area contributed by atoms with Gasteiger partial charge in [0, 0.05) is 0 Å². The second kappa shape index (κ2) is 8.28. The summed E-state index contributed by atoms with van der Waals surface area (Å²) in [5.74, 6) is 0.372. The van der Waals surface area contributed by atoms with Crippen LogP contribution in [-0.2, 0) is 4.65 Å². The summed E-state index contributed by atoms with van der Waals surface area (Å²) in [4.78, 5) is 5.12. The molecule has 1 aromatic carbocycles. The first-order valence-corrected chi connectivity index (χ1v) is 7.50. The second-order valence-electron chi connectivity index (χ2n) is 3.95. The van der Waals surface area contributed by atoms with Crippen LogP contribution in [-0.4, -0.2) is 13.0 Å². The van der Waals surface area contributed by atoms with E-state index in [0.29, 0.717) is 11.3 Å². The molecule has 0 saturated carbocycles. The predicted molar refractivity (Wildman–Crippen MR) is 88.6 cm³/mol. The van der Waals surface area contributed by atoms with Gasteiger partial charge in [-0.15, -0.1) is 11.3 Å². The first kappa shape index (κ1) is 17.0. The van der Waals surface area contributed by atoms with E-state index in [1.54, 1.807) is 0 Å². The predicted octanol–water partition coefficient (Wildman–Crippen LogP) is 4.28. The van der Waals surface area contributed by atoms with Crippen molar-refractivity contribution in [2.45, 2.75) is 27.7 Å². The molecule has 106 valence electrons. The summed E-state index contributed by atoms with van der Waals surface area (Å²) in [5.41, 5.74) is 2.00. The van der Waals surface area contributed by atoms with Gasteiger partial charge in [-0.25, -0.2) is 4.98 Å². The van der Waals surface area contributed by atoms with Gasteiger partial charge in [-0.2, -0.15) is 5.26 Å². The normalized spacial score (nSPS) is 10.8. The van der Waals surface area contributed by atoms with Gasteiger partial charge in [-0.05, 0) is 19.4 Å². The summed E-state index contributed by atoms with van der Waals surface area (Å²) in [5, 5.41) is 10.3. The van der Waals surface area contributed by atoms with E-state index < -0.39 is 0 Å². The standard InChI is InChI=1S/C14H11BN2OS.C2H6/c1-9-14(19-10(2)17-9)13(18-15)12(8-16)11-6-4-3-5-7-11;1-2/h3-7H,1-2H3;1-2H3. The summed E-state index contributed by atoms with van der Waals surface area (Å²) < 4.78 is 4.97. The lowest BCUT2D eigenvalue weighted by molar-refractivity contribution is 0.576. The Morgan fingerprint density at radius 3 is 2.29 bits per heavy atom. The average molecular weight is 296 g/mol. The number of benzene rings is 1. The van der Waals surface area contributed by atoms with Gasteiger partial charge in [-0.1, -0.05) is 44.2 Å². The highest BCUT2D eigenvalue weighted by Gasteiger charge is 2.16. The molecule has 0 spiro atoms. The van der Waals surface area contributed by atoms with E-state index in [9.17, 15) is 5.26 Å². The third-order valence-corrected chi connectivity index (χ3v) is 3.70. The van der Waals surface area contributed by atoms with E-state index in [0.717, 1.165) is 21.1 Å². The molecule has 5 heteroatoms. The van der Waals surface area contributed by atoms with E-state index in [4.69, 9.17) is 12.7 Å². The smallest absolute Gasteiger partial charge is 0.374 e. The molecule has 0 aliphatic carbocycles. The number of hydrogen-bond acceptors (Lipinski definition) is 4. The van der Waals surface area contributed by atoms with E-state index >= 15 is 0 Å². The first-order chi connectivity index (χ1) is 10.2. The molecular weight excluding hydrogens is 279 g/mol. The molecule has 0 atom stereocenters. The maximum atomic E-state index is 9.38. The molecule has 2 aromatic rings. The molecule has 0 aliphatic heterocycles. The minimum Gasteiger partial charge on any atom is -0.566 e. The monoisotopic (exact) mass is 296 g/mol. The summed E-state index contributed by atoms with van der Waals surface area (Å²) >= 11 is 1.46. The van der Waals surface area contributed by atoms with Gasteiger partial charge in [0.15, 0.2) is 0 Å². The van der Waals surface area contributed by atoms with Gasteiger partial charge in [0.2, 0.25) is 0 Å². The Morgan fingerprint density at radius 2 is 1.86 bits per heavy atom. The number of aryl methyl sites for hydroxylation is 2. The van der Waals surface area contributed by atoms with E-state index in [1.807, 2.05) is 58.0 Å². The highest BCUT2D eigenvalue weighted by molar-refractivity contribution is 7.12. The Labute approximate surface area is 131 Å². The van der Waals surface area contributed by atoms with Crippen LogP contribution in [0.15, 0.2) is 30.3 Å². The molecule has 0 aliphatic rings. The van der Waals surface area contributed by atoms with Crippen LogP contribution in [0.1, 0.15) is 35.0 Å². The Hall–Kier alpha value is -2.06. The van der Waals surface area contributed by atoms with Crippen LogP contribution in [0.25, 0.3) is 11.3 Å². The average Bonchev–Trinajstić information content (AvgIpc) is 2.86. The number of nitriles is 1. The largest absolute Gasteiger partial charge is 0.566 e. The molecule has 0 amide bonds. The molecule has 0 bridgehead atoms. The lowest BCUT2D eigenvalue weighted by atomic mass is 10.0. The van der Waals surface area contributed by atoms with Gasteiger partial charge in [0.05, 0.1) is 15.6 Å². The second-order valence-corrected chi connectivity index (χ2v) is 5.15. The fraction of sp³-hybridized carbons (Fsp3) is 0.250. The quantitative estimate of drug-likeness (QED) is 0.482. The number of hydrogen-bond donors (Lipinski definition) is 0. The molecule has 2 radical (unpaired) electrons. The molecule has 2 rings (SSSR count). The van der Waals surface area contributed by atoms with Crippen LogP contribution in [0.4, 0.5) is 0 Å². The zero-order valence-electron chi connectivity index (χ0n) is 12.7. The van der Waals surface area contributed by atoms with Crippen molar-refractivity contribution >= 4 is 30.7 Å². The zero-order chi connectivity index (χ0) is 15.8. The highest BCUT2D eigenvalue weighted by atomic mass is 32.1. The van der Waals surface area contributed by atoms with Gasteiger partial charge < -0.3 is 4.65 Å². The minimum absolute atomic E-state index is 0.372. The van der Waals surface area contributed by atoms with Crippen LogP contribution in [0.2, 0.25) is 0 Å². The van der Waals surface area contributed by atoms with Crippen molar-refractivity contribution in [2.24, 2.45) is 0 Å². The minimum atomic E-state index is 0.372. The molecule has 1 heterocycles. The van der Waals surface area contributed by atoms with Crippen molar-refractivity contribution < 1.29 is 4.65 Å². The highest BCUT2D eigenvalue weighted by Crippen LogP contribution is 2.32. The van der Waals surface area contributed by atoms with Gasteiger partial charge in [-0.3, -0.25) is 0 Å². The zero-order valence-corrected chi connectivity index (χ0v) is 13.5. The number of aromatic nitrogens is 1. The Morgan fingerprint density at radius 1 is 1.24 bits per heavy atom. The molecule has 21 heavy (non-hydrogen) atoms. The maximum Gasteiger partial charge on any atom is 0.374 e. The van der Waals surface area contributed by atoms with Crippen LogP contribution in [0.5, 0.6) is 0 Å². The molecule has 0 unspecified atom stereocenters. The number of rotatable bonds is 3. The SMILES string of the molecule is CC.[B]OC(=C(C#N)c1ccccc1)c1sc(C)nc1C. The third kappa shape index (κ3) is 3.96. The van der Waals surface area contributed by atoms with Crippen molar-refractivity contribution in [1.29, 1.82) is 5.26 Å². The summed E-state index contributed by atoms with van der Waals surface area (Å²) in [6.45, 7) is 7.78. The van der Waals surface area contributed by atoms with Crippen molar-refractivity contribution in [3.8, 4) is 6.07 Å². The first-order valence-electron chi connectivity index (χ1n) is 6.68. The molecule has 1 aromatic heterocycles. The van der Waals surface area contributed by atoms with E-state index in [2.05, 4.69) is 11.1 Å². The lowest BCUT2D eigenvalue weighted by Gasteiger charge is -2.09. The Bertz CT molecular complexity index is 657. The van der Waals surface area contributed by atoms with Crippen LogP contribution in [0, 0.1) is 25.2 Å². The number of nitrogens with zero attached hydrogens (tertiary/aromatic N) is 2. The summed E-state index contributed by atoms with van der Waals surface area (Å²) in [7, 11) is 5.37. The van der Waals surface area contributed by atoms with E-state index in [-0.39, 0.29) is 0 Å². The van der Waals surface area contributed by atoms with Gasteiger partial charge >= 0.3 is 8.05 Å². The van der Waals surface area contributed by atoms with Gasteiger partial charge in [0.25, 0.3) is 0 Å². The molecule has 0 N–H and O–H groups in total. The van der Waals surface area contributed by atoms with Crippen molar-refractivity contribution in [3.05, 3.63) is 51.5 Å². The molecule has 0 saturated heterocycles. The van der Waals surface area contributed by atoms with Crippen molar-refractivity contribution in [1.82, 2.24) is 4.98 Å². The number of thiazole rings is 1. The van der Waals surface area contributed by atoms with E-state index in [1.165, 1.54) is 11.3 Å². The van der Waals surface area contributed by atoms with Crippen molar-refractivity contribution in [2.75, 3.05) is 0 Å². The Balaban J connectivity index is 0.00000106. The number of allylic oxidation sites excluding steroid dienone is 1. The summed E-state index contributed by atoms with van der Waals surface area (Å²) in [6.07, 6.45) is 0. The fourth-order valence-electron chi connectivity index (χ4n) is 1.82. The van der Waals surface area contributed by atoms with Crippen LogP contribution in [0.3, 0.4) is 0 Å². The molecule has 0 fully saturated rings. The summed E-state index contributed by atoms with van der Waals surface area (Å²) in [6, 6.07) is 11.5. The molecule has 3 nitrogen and oxygen atoms in total. The van der Waals surface area contributed by atoms with Crippen molar-refractivity contribution in [3.63, 3.8) is 0 Å². The van der Waals surface area contributed by atoms with Crippen LogP contribution < -0.4 is 0 Å². The maximum absolute atomic E-state index is 9.38. The fourth-order valence-corrected chi connectivity index (χ4v) is 2.73. The molecular formula is C16H17BN2OS. The topological polar surface area (TPSA) is 45.9 Å². The van der Waals surface area contributed by atoms with Gasteiger partial charge in [0.1, 0.15) is 17.4 Å². The lowest BCUT2D eigenvalue weighted by Crippen LogP contribution is -1.94.